The van der Waals surface area contributed by atoms with Crippen molar-refractivity contribution in [2.24, 2.45) is 0 Å². The number of benzene rings is 2. The van der Waals surface area contributed by atoms with E-state index in [1.54, 1.807) is 24.3 Å². The van der Waals surface area contributed by atoms with Gasteiger partial charge in [0.15, 0.2) is 0 Å². The van der Waals surface area contributed by atoms with Gasteiger partial charge in [-0.25, -0.2) is 9.59 Å². The Kier molecular flexibility index (Phi) is 13.7. The van der Waals surface area contributed by atoms with Gasteiger partial charge >= 0.3 is 35.0 Å². The van der Waals surface area contributed by atoms with Gasteiger partial charge in [-0.05, 0) is 24.3 Å². The SMILES string of the molecule is C[N+](C)(C)CCO.O=C(O)c1ccccc1O.O=C(O)c1ccccc1O.[H-].[H-].[Mg+2]. The van der Waals surface area contributed by atoms with Gasteiger partial charge in [0.1, 0.15) is 29.2 Å². The largest absolute Gasteiger partial charge is 2.00 e. The molecule has 2 rings (SSSR count). The van der Waals surface area contributed by atoms with Crippen LogP contribution in [0.4, 0.5) is 0 Å². The number of aliphatic hydroxyl groups is 1. The van der Waals surface area contributed by atoms with Gasteiger partial charge < -0.3 is 32.9 Å². The first-order valence-electron chi connectivity index (χ1n) is 7.93. The number of para-hydroxylation sites is 2. The first-order chi connectivity index (χ1) is 12.5. The smallest absolute Gasteiger partial charge is 1.00 e. The molecule has 8 nitrogen and oxygen atoms in total. The molecule has 2 aromatic rings. The molecule has 28 heavy (non-hydrogen) atoms. The predicted octanol–water partition coefficient (Wildman–Crippen LogP) is 1.71. The zero-order chi connectivity index (χ0) is 21.0. The molecule has 0 radical (unpaired) electrons. The zero-order valence-corrected chi connectivity index (χ0v) is 17.7. The number of carbonyl (C=O) groups is 2. The molecule has 0 spiro atoms. The Morgan fingerprint density at radius 2 is 1.14 bits per heavy atom. The zero-order valence-electron chi connectivity index (χ0n) is 18.2. The van der Waals surface area contributed by atoms with E-state index in [0.717, 1.165) is 11.0 Å². The van der Waals surface area contributed by atoms with Gasteiger partial charge in [0.2, 0.25) is 0 Å². The third kappa shape index (κ3) is 12.1. The Morgan fingerprint density at radius 3 is 1.29 bits per heavy atom. The van der Waals surface area contributed by atoms with Gasteiger partial charge in [0.25, 0.3) is 0 Å². The third-order valence-electron chi connectivity index (χ3n) is 3.04. The average Bonchev–Trinajstić information content (AvgIpc) is 2.55. The second-order valence-electron chi connectivity index (χ2n) is 6.38. The van der Waals surface area contributed by atoms with Crippen molar-refractivity contribution in [2.45, 2.75) is 0 Å². The van der Waals surface area contributed by atoms with E-state index in [0.29, 0.717) is 0 Å². The molecule has 0 aliphatic heterocycles. The third-order valence-corrected chi connectivity index (χ3v) is 3.04. The second kappa shape index (κ2) is 13.8. The molecular formula is C19H28MgNO7+. The van der Waals surface area contributed by atoms with Gasteiger partial charge in [-0.15, -0.1) is 0 Å². The van der Waals surface area contributed by atoms with Crippen LogP contribution in [0.5, 0.6) is 11.5 Å². The Morgan fingerprint density at radius 1 is 0.821 bits per heavy atom. The first kappa shape index (κ1) is 27.9. The fraction of sp³-hybridized carbons (Fsp3) is 0.263. The second-order valence-corrected chi connectivity index (χ2v) is 6.38. The fourth-order valence-electron chi connectivity index (χ4n) is 1.61. The monoisotopic (exact) mass is 406 g/mol. The summed E-state index contributed by atoms with van der Waals surface area (Å²) in [5.41, 5.74) is -0.134. The number of hydrogen-bond acceptors (Lipinski definition) is 5. The van der Waals surface area contributed by atoms with Crippen LogP contribution >= 0.6 is 0 Å². The Labute approximate surface area is 183 Å². The molecule has 0 unspecified atom stereocenters. The maximum Gasteiger partial charge on any atom is 2.00 e. The van der Waals surface area contributed by atoms with Gasteiger partial charge in [-0.3, -0.25) is 0 Å². The van der Waals surface area contributed by atoms with Crippen molar-refractivity contribution in [3.8, 4) is 11.5 Å². The molecule has 9 heteroatoms. The first-order valence-corrected chi connectivity index (χ1v) is 7.93. The van der Waals surface area contributed by atoms with Crippen molar-refractivity contribution in [3.63, 3.8) is 0 Å². The number of likely N-dealkylation sites (N-methyl/N-ethyl adjacent to an activating group) is 1. The molecule has 0 amide bonds. The number of phenols is 2. The van der Waals surface area contributed by atoms with Crippen LogP contribution in [0.25, 0.3) is 0 Å². The molecule has 0 aliphatic carbocycles. The minimum atomic E-state index is -1.11. The van der Waals surface area contributed by atoms with Gasteiger partial charge in [0, 0.05) is 0 Å². The molecule has 0 aromatic heterocycles. The van der Waals surface area contributed by atoms with Crippen molar-refractivity contribution in [3.05, 3.63) is 59.7 Å². The minimum Gasteiger partial charge on any atom is -1.00 e. The maximum atomic E-state index is 10.3. The summed E-state index contributed by atoms with van der Waals surface area (Å²) < 4.78 is 0.844. The summed E-state index contributed by atoms with van der Waals surface area (Å²) in [4.78, 5) is 20.5. The average molecular weight is 407 g/mol. The van der Waals surface area contributed by atoms with Crippen molar-refractivity contribution < 1.29 is 42.5 Å². The number of quaternary nitrogens is 1. The van der Waals surface area contributed by atoms with Crippen LogP contribution in [0.3, 0.4) is 0 Å². The van der Waals surface area contributed by atoms with Crippen molar-refractivity contribution in [2.75, 3.05) is 34.3 Å². The van der Waals surface area contributed by atoms with E-state index in [1.807, 2.05) is 0 Å². The van der Waals surface area contributed by atoms with E-state index in [4.69, 9.17) is 25.5 Å². The summed E-state index contributed by atoms with van der Waals surface area (Å²) in [5.74, 6) is -2.62. The molecule has 0 fully saturated rings. The van der Waals surface area contributed by atoms with Crippen LogP contribution in [-0.4, -0.2) is 99.3 Å². The number of aromatic hydroxyl groups is 2. The molecule has 2 aromatic carbocycles. The van der Waals surface area contributed by atoms with Crippen molar-refractivity contribution in [1.82, 2.24) is 0 Å². The fourth-order valence-corrected chi connectivity index (χ4v) is 1.61. The number of hydrogen-bond donors (Lipinski definition) is 5. The number of rotatable bonds is 4. The minimum absolute atomic E-state index is 0. The van der Waals surface area contributed by atoms with Crippen molar-refractivity contribution in [1.29, 1.82) is 0 Å². The molecule has 152 valence electrons. The molecule has 0 saturated carbocycles. The van der Waals surface area contributed by atoms with Crippen LogP contribution in [0.2, 0.25) is 0 Å². The van der Waals surface area contributed by atoms with E-state index >= 15 is 0 Å². The number of carboxylic acid groups (broad SMARTS) is 2. The summed E-state index contributed by atoms with van der Waals surface area (Å²) in [5, 5.41) is 43.0. The quantitative estimate of drug-likeness (QED) is 0.385. The summed E-state index contributed by atoms with van der Waals surface area (Å²) in [6.45, 7) is 1.11. The molecule has 0 aliphatic rings. The van der Waals surface area contributed by atoms with Gasteiger partial charge in [-0.1, -0.05) is 24.3 Å². The van der Waals surface area contributed by atoms with E-state index in [9.17, 15) is 9.59 Å². The summed E-state index contributed by atoms with van der Waals surface area (Å²) in [7, 11) is 6.16. The van der Waals surface area contributed by atoms with E-state index in [1.165, 1.54) is 24.3 Å². The van der Waals surface area contributed by atoms with Gasteiger partial charge in [-0.2, -0.15) is 0 Å². The van der Waals surface area contributed by atoms with Crippen LogP contribution in [0.1, 0.15) is 23.6 Å². The van der Waals surface area contributed by atoms with E-state index < -0.39 is 11.9 Å². The molecule has 0 heterocycles. The van der Waals surface area contributed by atoms with Crippen LogP contribution < -0.4 is 0 Å². The normalized spacial score (nSPS) is 9.57. The number of aromatic carboxylic acids is 2. The number of nitrogens with zero attached hydrogens (tertiary/aromatic N) is 1. The molecular weight excluding hydrogens is 379 g/mol. The summed E-state index contributed by atoms with van der Waals surface area (Å²) in [6.07, 6.45) is 0. The molecule has 0 atom stereocenters. The van der Waals surface area contributed by atoms with Gasteiger partial charge in [0.05, 0.1) is 27.7 Å². The summed E-state index contributed by atoms with van der Waals surface area (Å²) in [6, 6.07) is 11.6. The Bertz CT molecular complexity index is 700. The van der Waals surface area contributed by atoms with Crippen LogP contribution in [0, 0.1) is 0 Å². The van der Waals surface area contributed by atoms with Crippen molar-refractivity contribution >= 4 is 35.0 Å². The standard InChI is InChI=1S/2C7H6O3.C5H14NO.Mg.2H/c2*8-6-4-2-1-3-5(6)7(9)10;1-6(2,3)4-5-7;;;/h2*1-4,8H,(H,9,10);7H,4-5H2,1-3H3;;;/q;;+1;+2;2*-1. The van der Waals surface area contributed by atoms with E-state index in [2.05, 4.69) is 21.1 Å². The number of carboxylic acids is 2. The molecule has 0 bridgehead atoms. The molecule has 0 saturated heterocycles. The predicted molar refractivity (Wildman–Crippen MR) is 108 cm³/mol. The Balaban J connectivity index is -0.000000164. The molecule has 5 N–H and O–H groups in total. The Hall–Kier alpha value is -2.33. The van der Waals surface area contributed by atoms with E-state index in [-0.39, 0.29) is 55.1 Å². The topological polar surface area (TPSA) is 135 Å². The van der Waals surface area contributed by atoms with Crippen LogP contribution in [0.15, 0.2) is 48.5 Å². The summed E-state index contributed by atoms with van der Waals surface area (Å²) >= 11 is 0. The number of aliphatic hydroxyl groups excluding tert-OH is 1. The van der Waals surface area contributed by atoms with Crippen LogP contribution in [-0.2, 0) is 0 Å². The maximum absolute atomic E-state index is 10.3.